The maximum Gasteiger partial charge on any atom is 0.328 e. The topological polar surface area (TPSA) is 88.5 Å². The predicted octanol–water partition coefficient (Wildman–Crippen LogP) is 0.764. The van der Waals surface area contributed by atoms with Crippen LogP contribution in [0.25, 0.3) is 6.08 Å². The molecule has 1 amide bonds. The monoisotopic (exact) mass is 236 g/mol. The van der Waals surface area contributed by atoms with Crippen molar-refractivity contribution in [3.05, 3.63) is 30.0 Å². The lowest BCUT2D eigenvalue weighted by atomic mass is 10.2. The van der Waals surface area contributed by atoms with E-state index in [1.165, 1.54) is 19.4 Å². The molecule has 17 heavy (non-hydrogen) atoms. The van der Waals surface area contributed by atoms with Crippen molar-refractivity contribution >= 4 is 23.8 Å². The highest BCUT2D eigenvalue weighted by Crippen LogP contribution is 2.08. The second kappa shape index (κ2) is 6.39. The summed E-state index contributed by atoms with van der Waals surface area (Å²) >= 11 is 0. The fraction of sp³-hybridized carbons (Fsp3) is 0.182. The summed E-state index contributed by atoms with van der Waals surface area (Å²) in [5, 5.41) is 11.0. The van der Waals surface area contributed by atoms with Crippen LogP contribution in [0, 0.1) is 0 Å². The number of carboxylic acid groups (broad SMARTS) is 1. The van der Waals surface area contributed by atoms with Gasteiger partial charge in [-0.05, 0) is 23.8 Å². The van der Waals surface area contributed by atoms with Gasteiger partial charge in [0.25, 0.3) is 5.91 Å². The van der Waals surface area contributed by atoms with Crippen molar-refractivity contribution in [1.82, 2.24) is 4.98 Å². The highest BCUT2D eigenvalue weighted by atomic mass is 16.5. The van der Waals surface area contributed by atoms with E-state index in [1.807, 2.05) is 0 Å². The summed E-state index contributed by atoms with van der Waals surface area (Å²) in [6, 6.07) is 3.19. The van der Waals surface area contributed by atoms with Gasteiger partial charge in [-0.1, -0.05) is 0 Å². The average Bonchev–Trinajstić information content (AvgIpc) is 2.27. The van der Waals surface area contributed by atoms with E-state index in [0.29, 0.717) is 11.4 Å². The number of nitrogens with one attached hydrogen (secondary N) is 1. The van der Waals surface area contributed by atoms with Gasteiger partial charge in [-0.25, -0.2) is 9.78 Å². The average molecular weight is 236 g/mol. The number of nitrogens with zero attached hydrogens (tertiary/aromatic N) is 1. The number of aromatic nitrogens is 1. The fourth-order valence-corrected chi connectivity index (χ4v) is 1.10. The number of amides is 1. The minimum Gasteiger partial charge on any atom is -0.478 e. The van der Waals surface area contributed by atoms with E-state index in [2.05, 4.69) is 15.0 Å². The molecule has 0 saturated heterocycles. The van der Waals surface area contributed by atoms with Crippen LogP contribution < -0.4 is 5.32 Å². The summed E-state index contributed by atoms with van der Waals surface area (Å²) in [5.41, 5.74) is 0.634. The van der Waals surface area contributed by atoms with Crippen LogP contribution in [-0.2, 0) is 14.3 Å². The molecule has 0 aliphatic rings. The van der Waals surface area contributed by atoms with Gasteiger partial charge in [0.15, 0.2) is 0 Å². The predicted molar refractivity (Wildman–Crippen MR) is 61.4 cm³/mol. The molecule has 90 valence electrons. The van der Waals surface area contributed by atoms with Crippen molar-refractivity contribution in [2.45, 2.75) is 0 Å². The number of ether oxygens (including phenoxy) is 1. The molecule has 1 aromatic heterocycles. The molecule has 2 N–H and O–H groups in total. The first-order valence-electron chi connectivity index (χ1n) is 4.77. The number of carbonyl (C=O) groups is 2. The first-order valence-corrected chi connectivity index (χ1v) is 4.77. The van der Waals surface area contributed by atoms with Crippen molar-refractivity contribution in [2.24, 2.45) is 0 Å². The number of rotatable bonds is 5. The van der Waals surface area contributed by atoms with Gasteiger partial charge in [-0.15, -0.1) is 0 Å². The van der Waals surface area contributed by atoms with Gasteiger partial charge in [0, 0.05) is 19.4 Å². The van der Waals surface area contributed by atoms with Crippen LogP contribution in [0.3, 0.4) is 0 Å². The fourth-order valence-electron chi connectivity index (χ4n) is 1.10. The third-order valence-electron chi connectivity index (χ3n) is 1.75. The van der Waals surface area contributed by atoms with Gasteiger partial charge in [-0.3, -0.25) is 4.79 Å². The minimum atomic E-state index is -1.04. The molecule has 0 bridgehead atoms. The van der Waals surface area contributed by atoms with Gasteiger partial charge in [-0.2, -0.15) is 0 Å². The van der Waals surface area contributed by atoms with E-state index in [0.717, 1.165) is 6.08 Å². The van der Waals surface area contributed by atoms with Crippen LogP contribution in [0.15, 0.2) is 24.4 Å². The Morgan fingerprint density at radius 3 is 3.00 bits per heavy atom. The Bertz CT molecular complexity index is 443. The second-order valence-electron chi connectivity index (χ2n) is 3.13. The quantitative estimate of drug-likeness (QED) is 0.737. The van der Waals surface area contributed by atoms with Crippen LogP contribution >= 0.6 is 0 Å². The first-order chi connectivity index (χ1) is 8.11. The van der Waals surface area contributed by atoms with Crippen molar-refractivity contribution in [3.8, 4) is 0 Å². The van der Waals surface area contributed by atoms with Crippen LogP contribution in [0.4, 0.5) is 5.82 Å². The Labute approximate surface area is 97.9 Å². The Balaban J connectivity index is 2.72. The lowest BCUT2D eigenvalue weighted by Crippen LogP contribution is -2.17. The van der Waals surface area contributed by atoms with Gasteiger partial charge in [0.1, 0.15) is 12.4 Å². The molecule has 0 saturated carbocycles. The first kappa shape index (κ1) is 12.9. The molecular formula is C11H12N2O4. The van der Waals surface area contributed by atoms with E-state index >= 15 is 0 Å². The number of pyridine rings is 1. The van der Waals surface area contributed by atoms with E-state index < -0.39 is 5.97 Å². The number of methoxy groups -OCH3 is 1. The molecule has 0 atom stereocenters. The minimum absolute atomic E-state index is 0.0587. The number of anilines is 1. The maximum absolute atomic E-state index is 11.2. The van der Waals surface area contributed by atoms with E-state index in [-0.39, 0.29) is 12.5 Å². The zero-order chi connectivity index (χ0) is 12.7. The van der Waals surface area contributed by atoms with Gasteiger partial charge in [0.2, 0.25) is 0 Å². The zero-order valence-electron chi connectivity index (χ0n) is 9.21. The molecule has 1 rings (SSSR count). The third-order valence-corrected chi connectivity index (χ3v) is 1.75. The molecule has 0 unspecified atom stereocenters. The largest absolute Gasteiger partial charge is 0.478 e. The number of carboxylic acids is 1. The van der Waals surface area contributed by atoms with E-state index in [1.54, 1.807) is 12.1 Å². The lowest BCUT2D eigenvalue weighted by molar-refractivity contribution is -0.131. The number of hydrogen-bond donors (Lipinski definition) is 2. The summed E-state index contributed by atoms with van der Waals surface area (Å²) in [5.74, 6) is -1.01. The molecule has 0 aliphatic carbocycles. The van der Waals surface area contributed by atoms with Gasteiger partial charge < -0.3 is 15.2 Å². The molecule has 0 fully saturated rings. The Morgan fingerprint density at radius 1 is 1.59 bits per heavy atom. The molecule has 6 heteroatoms. The highest BCUT2D eigenvalue weighted by Gasteiger charge is 2.02. The normalized spacial score (nSPS) is 10.4. The SMILES string of the molecule is COCC(=O)Nc1cc(/C=C/C(=O)O)ccn1. The van der Waals surface area contributed by atoms with Crippen molar-refractivity contribution in [2.75, 3.05) is 19.0 Å². The third kappa shape index (κ3) is 4.89. The van der Waals surface area contributed by atoms with E-state index in [4.69, 9.17) is 5.11 Å². The van der Waals surface area contributed by atoms with Crippen LogP contribution in [0.1, 0.15) is 5.56 Å². The number of carbonyl (C=O) groups excluding carboxylic acids is 1. The molecule has 1 aromatic rings. The Hall–Kier alpha value is -2.21. The van der Waals surface area contributed by atoms with Gasteiger partial charge in [0.05, 0.1) is 0 Å². The molecule has 0 spiro atoms. The van der Waals surface area contributed by atoms with E-state index in [9.17, 15) is 9.59 Å². The maximum atomic E-state index is 11.2. The van der Waals surface area contributed by atoms with Crippen LogP contribution in [-0.4, -0.2) is 35.7 Å². The lowest BCUT2D eigenvalue weighted by Gasteiger charge is -2.03. The number of hydrogen-bond acceptors (Lipinski definition) is 4. The van der Waals surface area contributed by atoms with Crippen molar-refractivity contribution < 1.29 is 19.4 Å². The van der Waals surface area contributed by atoms with Crippen molar-refractivity contribution in [1.29, 1.82) is 0 Å². The van der Waals surface area contributed by atoms with Crippen LogP contribution in [0.5, 0.6) is 0 Å². The summed E-state index contributed by atoms with van der Waals surface area (Å²) in [4.78, 5) is 25.5. The molecule has 1 heterocycles. The summed E-state index contributed by atoms with van der Waals surface area (Å²) in [7, 11) is 1.42. The molecule has 0 aromatic carbocycles. The smallest absolute Gasteiger partial charge is 0.328 e. The van der Waals surface area contributed by atoms with Crippen molar-refractivity contribution in [3.63, 3.8) is 0 Å². The molecule has 6 nitrogen and oxygen atoms in total. The highest BCUT2D eigenvalue weighted by molar-refractivity contribution is 5.91. The number of aliphatic carboxylic acids is 1. The molecule has 0 radical (unpaired) electrons. The standard InChI is InChI=1S/C11H12N2O4/c1-17-7-10(14)13-9-6-8(4-5-12-9)2-3-11(15)16/h2-6H,7H2,1H3,(H,15,16)(H,12,13,14)/b3-2+. The Kier molecular flexibility index (Phi) is 4.83. The second-order valence-corrected chi connectivity index (χ2v) is 3.13. The van der Waals surface area contributed by atoms with Gasteiger partial charge >= 0.3 is 5.97 Å². The summed E-state index contributed by atoms with van der Waals surface area (Å²) < 4.78 is 4.65. The Morgan fingerprint density at radius 2 is 2.35 bits per heavy atom. The summed E-state index contributed by atoms with van der Waals surface area (Å²) in [6.07, 6.45) is 3.90. The van der Waals surface area contributed by atoms with Crippen LogP contribution in [0.2, 0.25) is 0 Å². The zero-order valence-corrected chi connectivity index (χ0v) is 9.21. The molecule has 0 aliphatic heterocycles. The molecular weight excluding hydrogens is 224 g/mol. The summed E-state index contributed by atoms with van der Waals surface area (Å²) in [6.45, 7) is -0.0587.